The highest BCUT2D eigenvalue weighted by Gasteiger charge is 2.14. The van der Waals surface area contributed by atoms with E-state index in [0.717, 1.165) is 54.7 Å². The Morgan fingerprint density at radius 2 is 2.04 bits per heavy atom. The first kappa shape index (κ1) is 21.7. The predicted octanol–water partition coefficient (Wildman–Crippen LogP) is 3.87. The van der Waals surface area contributed by atoms with Gasteiger partial charge in [-0.2, -0.15) is 0 Å². The molecule has 1 saturated heterocycles. The normalized spacial score (nSPS) is 14.1. The Labute approximate surface area is 164 Å². The summed E-state index contributed by atoms with van der Waals surface area (Å²) in [6, 6.07) is 9.87. The maximum atomic E-state index is 8.15. The lowest BCUT2D eigenvalue weighted by molar-refractivity contribution is 0.0339. The van der Waals surface area contributed by atoms with Gasteiger partial charge in [0.15, 0.2) is 0 Å². The molecule has 0 amide bonds. The van der Waals surface area contributed by atoms with Gasteiger partial charge in [0, 0.05) is 30.9 Å². The number of rotatable bonds is 5. The first-order valence-corrected chi connectivity index (χ1v) is 8.50. The number of methoxy groups -OCH3 is 1. The molecule has 1 fully saturated rings. The second-order valence-electron chi connectivity index (χ2n) is 5.39. The number of amidine groups is 1. The first-order valence-electron chi connectivity index (χ1n) is 7.63. The van der Waals surface area contributed by atoms with Crippen LogP contribution in [-0.4, -0.2) is 44.1 Å². The third kappa shape index (κ3) is 5.87. The van der Waals surface area contributed by atoms with E-state index in [1.165, 1.54) is 0 Å². The largest absolute Gasteiger partial charge is 0.496 e. The number of nitrogens with zero attached hydrogens (tertiary/aromatic N) is 1. The number of morpholine rings is 1. The number of hydrogen-bond acceptors (Lipinski definition) is 5. The van der Waals surface area contributed by atoms with Crippen LogP contribution in [0.4, 0.5) is 5.69 Å². The van der Waals surface area contributed by atoms with Gasteiger partial charge >= 0.3 is 0 Å². The standard InChI is InChI=1S/C17H21N3O2S.2ClH/c1-21-15-5-4-14(19-17(18)16-3-2-10-23-16)11-13(15)12-20-6-8-22-9-7-20;;/h2-5,10-11H,6-9,12H2,1H3,(H2,18,19);2*1H. The highest BCUT2D eigenvalue weighted by molar-refractivity contribution is 7.12. The number of ether oxygens (including phenoxy) is 2. The van der Waals surface area contributed by atoms with Crippen LogP contribution in [0.15, 0.2) is 35.7 Å². The fraction of sp³-hybridized carbons (Fsp3) is 0.353. The van der Waals surface area contributed by atoms with Gasteiger partial charge in [0.1, 0.15) is 11.6 Å². The Morgan fingerprint density at radius 1 is 1.28 bits per heavy atom. The molecule has 0 unspecified atom stereocenters. The number of nitrogens with one attached hydrogen (secondary N) is 2. The van der Waals surface area contributed by atoms with Gasteiger partial charge in [-0.25, -0.2) is 0 Å². The number of thiophene rings is 1. The summed E-state index contributed by atoms with van der Waals surface area (Å²) >= 11 is 1.56. The molecule has 0 radical (unpaired) electrons. The van der Waals surface area contributed by atoms with Gasteiger partial charge < -0.3 is 14.8 Å². The molecule has 2 N–H and O–H groups in total. The zero-order valence-electron chi connectivity index (χ0n) is 14.0. The van der Waals surface area contributed by atoms with Crippen LogP contribution >= 0.6 is 36.2 Å². The summed E-state index contributed by atoms with van der Waals surface area (Å²) in [7, 11) is 1.69. The molecule has 0 atom stereocenters. The maximum absolute atomic E-state index is 8.15. The van der Waals surface area contributed by atoms with Crippen molar-refractivity contribution in [1.82, 2.24) is 4.90 Å². The third-order valence-corrected chi connectivity index (χ3v) is 4.70. The Bertz CT molecular complexity index is 662. The van der Waals surface area contributed by atoms with Gasteiger partial charge in [0.05, 0.1) is 25.2 Å². The summed E-state index contributed by atoms with van der Waals surface area (Å²) in [6.45, 7) is 4.26. The van der Waals surface area contributed by atoms with E-state index in [4.69, 9.17) is 14.9 Å². The number of benzene rings is 1. The van der Waals surface area contributed by atoms with Crippen molar-refractivity contribution >= 4 is 47.7 Å². The van der Waals surface area contributed by atoms with Crippen LogP contribution in [0.3, 0.4) is 0 Å². The van der Waals surface area contributed by atoms with E-state index >= 15 is 0 Å². The molecule has 5 nitrogen and oxygen atoms in total. The lowest BCUT2D eigenvalue weighted by Gasteiger charge is -2.27. The molecule has 1 aromatic carbocycles. The minimum absolute atomic E-state index is 0. The fourth-order valence-electron chi connectivity index (χ4n) is 2.61. The molecule has 0 aliphatic carbocycles. The van der Waals surface area contributed by atoms with E-state index in [-0.39, 0.29) is 24.8 Å². The van der Waals surface area contributed by atoms with Crippen molar-refractivity contribution in [3.63, 3.8) is 0 Å². The molecule has 8 heteroatoms. The van der Waals surface area contributed by atoms with Crippen molar-refractivity contribution in [2.75, 3.05) is 38.7 Å². The second kappa shape index (κ2) is 10.6. The Morgan fingerprint density at radius 3 is 2.68 bits per heavy atom. The van der Waals surface area contributed by atoms with Gasteiger partial charge in [0.2, 0.25) is 0 Å². The van der Waals surface area contributed by atoms with Gasteiger partial charge in [-0.05, 0) is 29.6 Å². The molecule has 138 valence electrons. The van der Waals surface area contributed by atoms with Crippen LogP contribution in [-0.2, 0) is 11.3 Å². The van der Waals surface area contributed by atoms with Crippen LogP contribution < -0.4 is 10.1 Å². The van der Waals surface area contributed by atoms with Crippen molar-refractivity contribution in [3.8, 4) is 5.75 Å². The second-order valence-corrected chi connectivity index (χ2v) is 6.34. The zero-order valence-corrected chi connectivity index (χ0v) is 16.4. The highest BCUT2D eigenvalue weighted by atomic mass is 35.5. The quantitative estimate of drug-likeness (QED) is 0.587. The van der Waals surface area contributed by atoms with Crippen molar-refractivity contribution in [2.24, 2.45) is 0 Å². The van der Waals surface area contributed by atoms with Crippen molar-refractivity contribution < 1.29 is 9.47 Å². The van der Waals surface area contributed by atoms with Gasteiger partial charge in [0.25, 0.3) is 0 Å². The summed E-state index contributed by atoms with van der Waals surface area (Å²) in [5.74, 6) is 1.30. The van der Waals surface area contributed by atoms with Gasteiger partial charge in [-0.1, -0.05) is 6.07 Å². The molecular formula is C17H23Cl2N3O2S. The summed E-state index contributed by atoms with van der Waals surface area (Å²) in [4.78, 5) is 3.28. The molecule has 0 saturated carbocycles. The van der Waals surface area contributed by atoms with E-state index in [0.29, 0.717) is 5.84 Å². The smallest absolute Gasteiger partial charge is 0.140 e. The molecule has 0 bridgehead atoms. The monoisotopic (exact) mass is 403 g/mol. The van der Waals surface area contributed by atoms with E-state index < -0.39 is 0 Å². The third-order valence-electron chi connectivity index (χ3n) is 3.81. The average molecular weight is 404 g/mol. The Hall–Kier alpha value is -1.31. The lowest BCUT2D eigenvalue weighted by atomic mass is 10.1. The van der Waals surface area contributed by atoms with Crippen LogP contribution in [0.1, 0.15) is 10.4 Å². The molecule has 1 aliphatic rings. The number of hydrogen-bond donors (Lipinski definition) is 2. The highest BCUT2D eigenvalue weighted by Crippen LogP contribution is 2.25. The lowest BCUT2D eigenvalue weighted by Crippen LogP contribution is -2.35. The average Bonchev–Trinajstić information content (AvgIpc) is 3.11. The van der Waals surface area contributed by atoms with Gasteiger partial charge in [-0.15, -0.1) is 36.2 Å². The van der Waals surface area contributed by atoms with Crippen LogP contribution in [0.25, 0.3) is 0 Å². The van der Waals surface area contributed by atoms with Crippen LogP contribution in [0.2, 0.25) is 0 Å². The molecule has 2 aromatic rings. The minimum Gasteiger partial charge on any atom is -0.496 e. The fourth-order valence-corrected chi connectivity index (χ4v) is 3.24. The molecule has 1 aromatic heterocycles. The Kier molecular flexibility index (Phi) is 9.24. The number of anilines is 1. The molecule has 2 heterocycles. The molecule has 3 rings (SSSR count). The Balaban J connectivity index is 0.00000156. The predicted molar refractivity (Wildman–Crippen MR) is 108 cm³/mol. The maximum Gasteiger partial charge on any atom is 0.140 e. The zero-order chi connectivity index (χ0) is 16.1. The minimum atomic E-state index is 0. The van der Waals surface area contributed by atoms with E-state index in [1.54, 1.807) is 18.4 Å². The molecular weight excluding hydrogens is 381 g/mol. The van der Waals surface area contributed by atoms with Crippen LogP contribution in [0, 0.1) is 5.41 Å². The molecule has 1 aliphatic heterocycles. The SMILES string of the molecule is COc1ccc(NC(=N)c2cccs2)cc1CN1CCOCC1.Cl.Cl. The van der Waals surface area contributed by atoms with E-state index in [9.17, 15) is 0 Å². The molecule has 0 spiro atoms. The number of halogens is 2. The van der Waals surface area contributed by atoms with E-state index in [2.05, 4.69) is 16.3 Å². The van der Waals surface area contributed by atoms with Crippen molar-refractivity contribution in [2.45, 2.75) is 6.54 Å². The van der Waals surface area contributed by atoms with Gasteiger partial charge in [-0.3, -0.25) is 10.3 Å². The summed E-state index contributed by atoms with van der Waals surface area (Å²) in [5, 5.41) is 13.3. The van der Waals surface area contributed by atoms with E-state index in [1.807, 2.05) is 29.6 Å². The van der Waals surface area contributed by atoms with Crippen molar-refractivity contribution in [1.29, 1.82) is 5.41 Å². The summed E-state index contributed by atoms with van der Waals surface area (Å²) in [6.07, 6.45) is 0. The summed E-state index contributed by atoms with van der Waals surface area (Å²) in [5.41, 5.74) is 2.03. The molecule has 25 heavy (non-hydrogen) atoms. The first-order chi connectivity index (χ1) is 11.3. The van der Waals surface area contributed by atoms with Crippen molar-refractivity contribution in [3.05, 3.63) is 46.2 Å². The topological polar surface area (TPSA) is 57.6 Å². The van der Waals surface area contributed by atoms with Crippen LogP contribution in [0.5, 0.6) is 5.75 Å². The summed E-state index contributed by atoms with van der Waals surface area (Å²) < 4.78 is 10.9.